The van der Waals surface area contributed by atoms with E-state index < -0.39 is 20.2 Å². The second-order valence-electron chi connectivity index (χ2n) is 11.4. The summed E-state index contributed by atoms with van der Waals surface area (Å²) in [6.45, 7) is 10.8. The van der Waals surface area contributed by atoms with Crippen molar-refractivity contribution in [1.82, 2.24) is 0 Å². The molecule has 5 aromatic carbocycles. The maximum absolute atomic E-state index is 11.4. The maximum atomic E-state index is 11.4. The quantitative estimate of drug-likeness (QED) is 0.157. The molecule has 0 unspecified atom stereocenters. The zero-order valence-electron chi connectivity index (χ0n) is 26.8. The first-order valence-electron chi connectivity index (χ1n) is 15.5. The molecule has 0 radical (unpaired) electrons. The van der Waals surface area contributed by atoms with Crippen molar-refractivity contribution in [2.45, 2.75) is 36.7 Å². The van der Waals surface area contributed by atoms with E-state index in [0.717, 1.165) is 62.7 Å². The predicted octanol–water partition coefficient (Wildman–Crippen LogP) is 5.89. The van der Waals surface area contributed by atoms with Crippen LogP contribution < -0.4 is 20.2 Å². The third kappa shape index (κ3) is 8.39. The Labute approximate surface area is 282 Å². The molecule has 5 rings (SSSR count). The molecule has 0 saturated heterocycles. The normalized spacial score (nSPS) is 11.7. The van der Waals surface area contributed by atoms with Crippen LogP contribution in [0.3, 0.4) is 0 Å². The SMILES string of the molecule is C=c1ccc(=C(c2ccc(N(CC)Cc3ccc(S(=O)(=O)O)cc3)cc2)c2ccc(N(CC)Cc3ccc(S(=O)(=O)O)cc3)cc2)cc1. The molecule has 48 heavy (non-hydrogen) atoms. The predicted molar refractivity (Wildman–Crippen MR) is 192 cm³/mol. The van der Waals surface area contributed by atoms with E-state index in [9.17, 15) is 25.9 Å². The molecule has 0 aromatic heterocycles. The van der Waals surface area contributed by atoms with E-state index in [4.69, 9.17) is 0 Å². The largest absolute Gasteiger partial charge is 0.367 e. The van der Waals surface area contributed by atoms with Gasteiger partial charge in [-0.15, -0.1) is 0 Å². The smallest absolute Gasteiger partial charge is 0.294 e. The van der Waals surface area contributed by atoms with Gasteiger partial charge in [-0.1, -0.05) is 79.4 Å². The molecule has 0 fully saturated rings. The lowest BCUT2D eigenvalue weighted by Crippen LogP contribution is -2.22. The number of anilines is 2. The zero-order chi connectivity index (χ0) is 34.5. The molecule has 8 nitrogen and oxygen atoms in total. The van der Waals surface area contributed by atoms with Gasteiger partial charge in [-0.25, -0.2) is 0 Å². The first-order chi connectivity index (χ1) is 22.9. The molecule has 0 atom stereocenters. The number of benzene rings is 5. The average Bonchev–Trinajstić information content (AvgIpc) is 3.07. The Morgan fingerprint density at radius 2 is 0.896 bits per heavy atom. The van der Waals surface area contributed by atoms with Gasteiger partial charge in [0.05, 0.1) is 9.79 Å². The summed E-state index contributed by atoms with van der Waals surface area (Å²) in [5, 5.41) is 1.98. The Morgan fingerprint density at radius 3 is 1.21 bits per heavy atom. The van der Waals surface area contributed by atoms with Gasteiger partial charge in [0.15, 0.2) is 0 Å². The molecule has 0 aliphatic carbocycles. The van der Waals surface area contributed by atoms with Crippen LogP contribution in [0.4, 0.5) is 11.4 Å². The number of nitrogens with zero attached hydrogens (tertiary/aromatic N) is 2. The highest BCUT2D eigenvalue weighted by Gasteiger charge is 2.14. The second kappa shape index (κ2) is 14.6. The topological polar surface area (TPSA) is 115 Å². The molecule has 0 heterocycles. The third-order valence-corrected chi connectivity index (χ3v) is 9.97. The molecule has 0 saturated carbocycles. The minimum atomic E-state index is -4.24. The highest BCUT2D eigenvalue weighted by atomic mass is 32.2. The molecule has 5 aromatic rings. The monoisotopic (exact) mass is 682 g/mol. The van der Waals surface area contributed by atoms with Crippen molar-refractivity contribution >= 4 is 43.8 Å². The van der Waals surface area contributed by atoms with Crippen molar-refractivity contribution in [1.29, 1.82) is 0 Å². The van der Waals surface area contributed by atoms with Crippen molar-refractivity contribution in [3.05, 3.63) is 154 Å². The lowest BCUT2D eigenvalue weighted by atomic mass is 9.94. The van der Waals surface area contributed by atoms with Crippen LogP contribution in [-0.2, 0) is 33.3 Å². The van der Waals surface area contributed by atoms with Gasteiger partial charge in [-0.3, -0.25) is 9.11 Å². The molecular formula is C38H38N2O6S2. The fraction of sp³-hybridized carbons (Fsp3) is 0.158. The van der Waals surface area contributed by atoms with Crippen LogP contribution in [0.2, 0.25) is 0 Å². The van der Waals surface area contributed by atoms with E-state index in [0.29, 0.717) is 13.1 Å². The Balaban J connectivity index is 1.41. The van der Waals surface area contributed by atoms with Gasteiger partial charge in [0.25, 0.3) is 20.2 Å². The van der Waals surface area contributed by atoms with E-state index in [1.807, 2.05) is 12.1 Å². The van der Waals surface area contributed by atoms with Crippen LogP contribution in [0.1, 0.15) is 36.1 Å². The van der Waals surface area contributed by atoms with Gasteiger partial charge >= 0.3 is 0 Å². The Bertz CT molecular complexity index is 2050. The molecule has 0 bridgehead atoms. The van der Waals surface area contributed by atoms with Crippen LogP contribution in [0.5, 0.6) is 0 Å². The molecule has 0 amide bonds. The van der Waals surface area contributed by atoms with Gasteiger partial charge in [-0.2, -0.15) is 16.8 Å². The van der Waals surface area contributed by atoms with E-state index in [1.54, 1.807) is 24.3 Å². The number of hydrogen-bond donors (Lipinski definition) is 2. The zero-order valence-corrected chi connectivity index (χ0v) is 28.5. The van der Waals surface area contributed by atoms with E-state index in [1.165, 1.54) is 24.3 Å². The van der Waals surface area contributed by atoms with Crippen LogP contribution in [0.15, 0.2) is 131 Å². The summed E-state index contributed by atoms with van der Waals surface area (Å²) in [6, 6.07) is 37.4. The maximum Gasteiger partial charge on any atom is 0.294 e. The summed E-state index contributed by atoms with van der Waals surface area (Å²) in [5.41, 5.74) is 7.04. The average molecular weight is 683 g/mol. The van der Waals surface area contributed by atoms with Crippen molar-refractivity contribution < 1.29 is 25.9 Å². The van der Waals surface area contributed by atoms with Crippen molar-refractivity contribution in [2.24, 2.45) is 0 Å². The standard InChI is InChI=1S/C38H38N2O6S2/c1-4-39(26-29-8-22-36(23-9-29)47(41,42)43)34-18-14-32(15-19-34)38(31-12-6-28(3)7-13-31)33-16-20-35(21-17-33)40(5-2)27-30-10-24-37(25-11-30)48(44,45)46/h6-25H,3-5,26-27H2,1-2H3,(H,41,42,43)(H,44,45,46). The molecule has 2 N–H and O–H groups in total. The second-order valence-corrected chi connectivity index (χ2v) is 14.3. The fourth-order valence-corrected chi connectivity index (χ4v) is 6.56. The molecule has 0 aliphatic rings. The Kier molecular flexibility index (Phi) is 10.5. The molecular weight excluding hydrogens is 645 g/mol. The molecule has 0 spiro atoms. The van der Waals surface area contributed by atoms with Gasteiger partial charge in [0.1, 0.15) is 0 Å². The summed E-state index contributed by atoms with van der Waals surface area (Å²) in [6.07, 6.45) is 0. The van der Waals surface area contributed by atoms with Crippen LogP contribution in [-0.4, -0.2) is 39.0 Å². The van der Waals surface area contributed by atoms with Gasteiger partial charge in [0.2, 0.25) is 0 Å². The van der Waals surface area contributed by atoms with Gasteiger partial charge in [0, 0.05) is 37.6 Å². The Morgan fingerprint density at radius 1 is 0.542 bits per heavy atom. The first-order valence-corrected chi connectivity index (χ1v) is 18.4. The van der Waals surface area contributed by atoms with E-state index >= 15 is 0 Å². The lowest BCUT2D eigenvalue weighted by Gasteiger charge is -2.24. The minimum Gasteiger partial charge on any atom is -0.367 e. The number of hydrogen-bond acceptors (Lipinski definition) is 6. The van der Waals surface area contributed by atoms with Gasteiger partial charge in [-0.05, 0) is 101 Å². The van der Waals surface area contributed by atoms with Gasteiger partial charge < -0.3 is 9.80 Å². The molecule has 0 aliphatic heterocycles. The summed E-state index contributed by atoms with van der Waals surface area (Å²) in [7, 11) is -8.48. The summed E-state index contributed by atoms with van der Waals surface area (Å²) in [4.78, 5) is 4.12. The van der Waals surface area contributed by atoms with Crippen molar-refractivity contribution in [3.8, 4) is 0 Å². The lowest BCUT2D eigenvalue weighted by molar-refractivity contribution is 0.481. The van der Waals surface area contributed by atoms with Crippen molar-refractivity contribution in [3.63, 3.8) is 0 Å². The first kappa shape index (κ1) is 34.6. The van der Waals surface area contributed by atoms with Crippen LogP contribution in [0, 0.1) is 0 Å². The summed E-state index contributed by atoms with van der Waals surface area (Å²) >= 11 is 0. The van der Waals surface area contributed by atoms with E-state index in [2.05, 4.69) is 90.9 Å². The Hall–Kier alpha value is -4.74. The third-order valence-electron chi connectivity index (χ3n) is 8.24. The van der Waals surface area contributed by atoms with Crippen LogP contribution in [0.25, 0.3) is 12.2 Å². The fourth-order valence-electron chi connectivity index (χ4n) is 5.60. The summed E-state index contributed by atoms with van der Waals surface area (Å²) in [5.74, 6) is 0. The van der Waals surface area contributed by atoms with Crippen LogP contribution >= 0.6 is 0 Å². The molecule has 10 heteroatoms. The summed E-state index contributed by atoms with van der Waals surface area (Å²) < 4.78 is 64.3. The minimum absolute atomic E-state index is 0.128. The molecule has 248 valence electrons. The highest BCUT2D eigenvalue weighted by molar-refractivity contribution is 7.86. The number of rotatable bonds is 12. The van der Waals surface area contributed by atoms with E-state index in [-0.39, 0.29) is 9.79 Å². The highest BCUT2D eigenvalue weighted by Crippen LogP contribution is 2.27. The van der Waals surface area contributed by atoms with Crippen molar-refractivity contribution in [2.75, 3.05) is 22.9 Å².